The molecule has 1 unspecified atom stereocenters. The minimum absolute atomic E-state index is 0. The van der Waals surface area contributed by atoms with E-state index in [1.165, 1.54) is 0 Å². The molecular weight excluding hydrogens is 382 g/mol. The standard InChI is InChI=1S/C19H29N5O3.ClH/c25-17(22-11-13-27-14-12-22)16-3-1-9-23(15-16)18(26)19(4-7-20-8-5-19)24-10-2-6-21-24;/h2,6,10,16,20H,1,3-5,7-9,11-15H2;1H. The number of carbonyl (C=O) groups excluding carboxylic acids is 2. The normalized spacial score (nSPS) is 25.1. The van der Waals surface area contributed by atoms with Gasteiger partial charge < -0.3 is 19.9 Å². The van der Waals surface area contributed by atoms with E-state index in [1.807, 2.05) is 26.7 Å². The minimum atomic E-state index is -0.626. The second kappa shape index (κ2) is 9.24. The molecule has 28 heavy (non-hydrogen) atoms. The number of hydrogen-bond donors (Lipinski definition) is 1. The molecule has 3 aliphatic rings. The molecule has 1 atom stereocenters. The molecule has 3 saturated heterocycles. The number of nitrogens with one attached hydrogen (secondary N) is 1. The van der Waals surface area contributed by atoms with Gasteiger partial charge in [0.15, 0.2) is 0 Å². The van der Waals surface area contributed by atoms with Crippen molar-refractivity contribution in [3.8, 4) is 0 Å². The number of piperidine rings is 2. The lowest BCUT2D eigenvalue weighted by atomic mass is 9.85. The number of aromatic nitrogens is 2. The second-order valence-corrected chi connectivity index (χ2v) is 7.76. The number of nitrogens with zero attached hydrogens (tertiary/aromatic N) is 4. The first-order chi connectivity index (χ1) is 13.2. The molecule has 8 nitrogen and oxygen atoms in total. The van der Waals surface area contributed by atoms with Gasteiger partial charge in [0.05, 0.1) is 19.1 Å². The molecule has 3 aliphatic heterocycles. The van der Waals surface area contributed by atoms with Crippen LogP contribution in [0.4, 0.5) is 0 Å². The van der Waals surface area contributed by atoms with Crippen LogP contribution in [0.15, 0.2) is 18.5 Å². The average molecular weight is 412 g/mol. The molecule has 0 aromatic carbocycles. The van der Waals surface area contributed by atoms with Crippen LogP contribution in [0.5, 0.6) is 0 Å². The average Bonchev–Trinajstić information content (AvgIpc) is 3.29. The Labute approximate surface area is 172 Å². The Balaban J connectivity index is 0.00000225. The smallest absolute Gasteiger partial charge is 0.250 e. The van der Waals surface area contributed by atoms with Crippen molar-refractivity contribution in [2.24, 2.45) is 5.92 Å². The van der Waals surface area contributed by atoms with Gasteiger partial charge in [-0.25, -0.2) is 0 Å². The molecule has 0 spiro atoms. The maximum atomic E-state index is 13.6. The van der Waals surface area contributed by atoms with Crippen LogP contribution < -0.4 is 5.32 Å². The summed E-state index contributed by atoms with van der Waals surface area (Å²) in [5.74, 6) is 0.193. The highest BCUT2D eigenvalue weighted by Gasteiger charge is 2.46. The number of carbonyl (C=O) groups is 2. The molecule has 0 aliphatic carbocycles. The SMILES string of the molecule is Cl.O=C(C1CCCN(C(=O)C2(n3cccn3)CCNCC2)C1)N1CCOCC1. The van der Waals surface area contributed by atoms with E-state index in [1.54, 1.807) is 6.20 Å². The van der Waals surface area contributed by atoms with Crippen LogP contribution in [0.25, 0.3) is 0 Å². The fourth-order valence-electron chi connectivity index (χ4n) is 4.60. The molecule has 156 valence electrons. The van der Waals surface area contributed by atoms with Crippen LogP contribution in [-0.2, 0) is 19.9 Å². The van der Waals surface area contributed by atoms with Gasteiger partial charge in [-0.15, -0.1) is 12.4 Å². The summed E-state index contributed by atoms with van der Waals surface area (Å²) in [6, 6.07) is 1.87. The lowest BCUT2D eigenvalue weighted by molar-refractivity contribution is -0.149. The quantitative estimate of drug-likeness (QED) is 0.782. The molecule has 4 rings (SSSR count). The van der Waals surface area contributed by atoms with Crippen LogP contribution >= 0.6 is 12.4 Å². The van der Waals surface area contributed by atoms with E-state index in [2.05, 4.69) is 10.4 Å². The predicted molar refractivity (Wildman–Crippen MR) is 106 cm³/mol. The van der Waals surface area contributed by atoms with Crippen LogP contribution in [0.3, 0.4) is 0 Å². The number of morpholine rings is 1. The van der Waals surface area contributed by atoms with E-state index in [4.69, 9.17) is 4.74 Å². The monoisotopic (exact) mass is 411 g/mol. The third-order valence-electron chi connectivity index (χ3n) is 6.15. The molecule has 1 aromatic heterocycles. The number of likely N-dealkylation sites (tertiary alicyclic amines) is 1. The topological polar surface area (TPSA) is 79.7 Å². The van der Waals surface area contributed by atoms with Gasteiger partial charge in [-0.2, -0.15) is 5.10 Å². The summed E-state index contributed by atoms with van der Waals surface area (Å²) in [5, 5.41) is 7.75. The number of hydrogen-bond acceptors (Lipinski definition) is 5. The van der Waals surface area contributed by atoms with Crippen molar-refractivity contribution in [3.63, 3.8) is 0 Å². The molecule has 1 aromatic rings. The van der Waals surface area contributed by atoms with Crippen molar-refractivity contribution < 1.29 is 14.3 Å². The van der Waals surface area contributed by atoms with Crippen molar-refractivity contribution in [1.82, 2.24) is 24.9 Å². The van der Waals surface area contributed by atoms with Gasteiger partial charge >= 0.3 is 0 Å². The van der Waals surface area contributed by atoms with Crippen molar-refractivity contribution in [3.05, 3.63) is 18.5 Å². The third-order valence-corrected chi connectivity index (χ3v) is 6.15. The fourth-order valence-corrected chi connectivity index (χ4v) is 4.60. The molecule has 9 heteroatoms. The van der Waals surface area contributed by atoms with Gasteiger partial charge in [0.2, 0.25) is 5.91 Å². The van der Waals surface area contributed by atoms with Crippen LogP contribution in [0.1, 0.15) is 25.7 Å². The second-order valence-electron chi connectivity index (χ2n) is 7.76. The van der Waals surface area contributed by atoms with E-state index >= 15 is 0 Å². The van der Waals surface area contributed by atoms with E-state index < -0.39 is 5.54 Å². The first-order valence-electron chi connectivity index (χ1n) is 10.1. The highest BCUT2D eigenvalue weighted by molar-refractivity contribution is 5.86. The highest BCUT2D eigenvalue weighted by atomic mass is 35.5. The van der Waals surface area contributed by atoms with E-state index in [0.717, 1.165) is 45.3 Å². The molecule has 0 bridgehead atoms. The predicted octanol–water partition coefficient (Wildman–Crippen LogP) is 0.481. The van der Waals surface area contributed by atoms with Gasteiger partial charge in [0, 0.05) is 38.6 Å². The number of rotatable bonds is 3. The fraction of sp³-hybridized carbons (Fsp3) is 0.737. The van der Waals surface area contributed by atoms with Crippen LogP contribution in [0.2, 0.25) is 0 Å². The van der Waals surface area contributed by atoms with E-state index in [9.17, 15) is 9.59 Å². The Kier molecular flexibility index (Phi) is 6.95. The largest absolute Gasteiger partial charge is 0.378 e. The molecule has 4 heterocycles. The number of amides is 2. The van der Waals surface area contributed by atoms with E-state index in [0.29, 0.717) is 32.8 Å². The highest BCUT2D eigenvalue weighted by Crippen LogP contribution is 2.31. The van der Waals surface area contributed by atoms with E-state index in [-0.39, 0.29) is 30.1 Å². The van der Waals surface area contributed by atoms with Crippen molar-refractivity contribution in [1.29, 1.82) is 0 Å². The summed E-state index contributed by atoms with van der Waals surface area (Å²) in [5.41, 5.74) is -0.626. The van der Waals surface area contributed by atoms with Gasteiger partial charge in [0.1, 0.15) is 5.54 Å². The number of halogens is 1. The Hall–Kier alpha value is -1.64. The van der Waals surface area contributed by atoms with Crippen LogP contribution in [-0.4, -0.2) is 83.9 Å². The zero-order chi connectivity index (χ0) is 18.7. The van der Waals surface area contributed by atoms with Gasteiger partial charge in [-0.05, 0) is 44.8 Å². The number of ether oxygens (including phenoxy) is 1. The summed E-state index contributed by atoms with van der Waals surface area (Å²) in [6.45, 7) is 5.38. The third kappa shape index (κ3) is 4.04. The lowest BCUT2D eigenvalue weighted by Gasteiger charge is -2.43. The Morgan fingerprint density at radius 3 is 2.54 bits per heavy atom. The Bertz CT molecular complexity index is 657. The van der Waals surface area contributed by atoms with Crippen LogP contribution in [0, 0.1) is 5.92 Å². The molecule has 1 N–H and O–H groups in total. The summed E-state index contributed by atoms with van der Waals surface area (Å²) in [7, 11) is 0. The molecule has 0 radical (unpaired) electrons. The summed E-state index contributed by atoms with van der Waals surface area (Å²) in [4.78, 5) is 30.3. The van der Waals surface area contributed by atoms with Gasteiger partial charge in [-0.1, -0.05) is 0 Å². The Morgan fingerprint density at radius 2 is 1.86 bits per heavy atom. The van der Waals surface area contributed by atoms with Gasteiger partial charge in [-0.3, -0.25) is 14.3 Å². The molecule has 3 fully saturated rings. The van der Waals surface area contributed by atoms with Crippen molar-refractivity contribution in [2.45, 2.75) is 31.2 Å². The minimum Gasteiger partial charge on any atom is -0.378 e. The maximum absolute atomic E-state index is 13.6. The lowest BCUT2D eigenvalue weighted by Crippen LogP contribution is -2.58. The summed E-state index contributed by atoms with van der Waals surface area (Å²) >= 11 is 0. The zero-order valence-electron chi connectivity index (χ0n) is 16.2. The first kappa shape index (κ1) is 21.1. The first-order valence-corrected chi connectivity index (χ1v) is 10.1. The molecular formula is C19H30ClN5O3. The molecule has 0 saturated carbocycles. The maximum Gasteiger partial charge on any atom is 0.250 e. The Morgan fingerprint density at radius 1 is 1.11 bits per heavy atom. The summed E-state index contributed by atoms with van der Waals surface area (Å²) < 4.78 is 7.19. The summed E-state index contributed by atoms with van der Waals surface area (Å²) in [6.07, 6.45) is 6.82. The molecule has 2 amide bonds. The van der Waals surface area contributed by atoms with Crippen molar-refractivity contribution in [2.75, 3.05) is 52.5 Å². The van der Waals surface area contributed by atoms with Gasteiger partial charge in [0.25, 0.3) is 5.91 Å². The zero-order valence-corrected chi connectivity index (χ0v) is 17.0. The van der Waals surface area contributed by atoms with Crippen molar-refractivity contribution >= 4 is 24.2 Å².